The lowest BCUT2D eigenvalue weighted by Crippen LogP contribution is -2.30. The van der Waals surface area contributed by atoms with Gasteiger partial charge in [0.15, 0.2) is 0 Å². The van der Waals surface area contributed by atoms with Crippen LogP contribution in [-0.4, -0.2) is 39.1 Å². The fourth-order valence-corrected chi connectivity index (χ4v) is 3.11. The number of anilines is 1. The van der Waals surface area contributed by atoms with Gasteiger partial charge >= 0.3 is 0 Å². The SMILES string of the molecule is CN(CCCCNC(=O)CCC1CCNCC1)c1ccccc1. The van der Waals surface area contributed by atoms with Crippen LogP contribution in [0.3, 0.4) is 0 Å². The van der Waals surface area contributed by atoms with Crippen LogP contribution >= 0.6 is 0 Å². The first-order valence-corrected chi connectivity index (χ1v) is 8.99. The topological polar surface area (TPSA) is 44.4 Å². The van der Waals surface area contributed by atoms with Crippen molar-refractivity contribution in [1.29, 1.82) is 0 Å². The van der Waals surface area contributed by atoms with Crippen molar-refractivity contribution >= 4 is 11.6 Å². The van der Waals surface area contributed by atoms with Crippen LogP contribution in [0, 0.1) is 5.92 Å². The van der Waals surface area contributed by atoms with Gasteiger partial charge in [-0.25, -0.2) is 0 Å². The van der Waals surface area contributed by atoms with E-state index in [1.54, 1.807) is 0 Å². The molecule has 1 saturated heterocycles. The number of benzene rings is 1. The number of unbranched alkanes of at least 4 members (excludes halogenated alkanes) is 1. The van der Waals surface area contributed by atoms with E-state index in [9.17, 15) is 4.79 Å². The lowest BCUT2D eigenvalue weighted by molar-refractivity contribution is -0.121. The Morgan fingerprint density at radius 2 is 1.96 bits per heavy atom. The van der Waals surface area contributed by atoms with E-state index in [0.29, 0.717) is 6.42 Å². The summed E-state index contributed by atoms with van der Waals surface area (Å²) in [5, 5.41) is 6.43. The van der Waals surface area contributed by atoms with Crippen LogP contribution in [-0.2, 0) is 4.79 Å². The zero-order chi connectivity index (χ0) is 16.3. The minimum Gasteiger partial charge on any atom is -0.375 e. The number of piperidine rings is 1. The Bertz CT molecular complexity index is 443. The summed E-state index contributed by atoms with van der Waals surface area (Å²) < 4.78 is 0. The third kappa shape index (κ3) is 7.04. The third-order valence-corrected chi connectivity index (χ3v) is 4.68. The first-order chi connectivity index (χ1) is 11.3. The fourth-order valence-electron chi connectivity index (χ4n) is 3.11. The van der Waals surface area contributed by atoms with Gasteiger partial charge in [-0.15, -0.1) is 0 Å². The largest absolute Gasteiger partial charge is 0.375 e. The molecule has 1 aliphatic heterocycles. The van der Waals surface area contributed by atoms with Crippen LogP contribution in [0.2, 0.25) is 0 Å². The average Bonchev–Trinajstić information content (AvgIpc) is 2.61. The molecule has 1 aromatic carbocycles. The predicted molar refractivity (Wildman–Crippen MR) is 96.8 cm³/mol. The summed E-state index contributed by atoms with van der Waals surface area (Å²) in [6.07, 6.45) is 6.31. The van der Waals surface area contributed by atoms with Crippen LogP contribution in [0.4, 0.5) is 5.69 Å². The summed E-state index contributed by atoms with van der Waals surface area (Å²) in [6.45, 7) is 4.05. The van der Waals surface area contributed by atoms with Gasteiger partial charge in [0, 0.05) is 32.2 Å². The molecule has 0 atom stereocenters. The molecule has 0 saturated carbocycles. The molecule has 128 valence electrons. The fraction of sp³-hybridized carbons (Fsp3) is 0.632. The molecule has 4 nitrogen and oxygen atoms in total. The van der Waals surface area contributed by atoms with E-state index in [-0.39, 0.29) is 5.91 Å². The zero-order valence-electron chi connectivity index (χ0n) is 14.4. The maximum absolute atomic E-state index is 11.9. The van der Waals surface area contributed by atoms with Gasteiger partial charge in [-0.3, -0.25) is 4.79 Å². The molecule has 0 unspecified atom stereocenters. The Kier molecular flexibility index (Phi) is 7.95. The number of hydrogen-bond acceptors (Lipinski definition) is 3. The molecule has 0 aliphatic carbocycles. The molecule has 1 heterocycles. The maximum Gasteiger partial charge on any atom is 0.220 e. The van der Waals surface area contributed by atoms with Crippen molar-refractivity contribution in [2.24, 2.45) is 5.92 Å². The lowest BCUT2D eigenvalue weighted by Gasteiger charge is -2.22. The molecule has 0 radical (unpaired) electrons. The van der Waals surface area contributed by atoms with Crippen molar-refractivity contribution in [2.75, 3.05) is 38.1 Å². The van der Waals surface area contributed by atoms with Crippen LogP contribution in [0.15, 0.2) is 30.3 Å². The predicted octanol–water partition coefficient (Wildman–Crippen LogP) is 2.80. The Morgan fingerprint density at radius 1 is 1.22 bits per heavy atom. The van der Waals surface area contributed by atoms with E-state index < -0.39 is 0 Å². The van der Waals surface area contributed by atoms with Crippen LogP contribution in [0.25, 0.3) is 0 Å². The summed E-state index contributed by atoms with van der Waals surface area (Å²) in [5.41, 5.74) is 1.25. The number of carbonyl (C=O) groups is 1. The Morgan fingerprint density at radius 3 is 2.70 bits per heavy atom. The molecule has 1 aliphatic rings. The van der Waals surface area contributed by atoms with Gasteiger partial charge < -0.3 is 15.5 Å². The van der Waals surface area contributed by atoms with Crippen molar-refractivity contribution < 1.29 is 4.79 Å². The molecule has 1 amide bonds. The normalized spacial score (nSPS) is 15.3. The van der Waals surface area contributed by atoms with Crippen molar-refractivity contribution in [2.45, 2.75) is 38.5 Å². The minimum absolute atomic E-state index is 0.222. The highest BCUT2D eigenvalue weighted by Crippen LogP contribution is 2.17. The van der Waals surface area contributed by atoms with Crippen LogP contribution in [0.5, 0.6) is 0 Å². The molecular formula is C19H31N3O. The quantitative estimate of drug-likeness (QED) is 0.688. The molecule has 2 N–H and O–H groups in total. The summed E-state index contributed by atoms with van der Waals surface area (Å²) in [6, 6.07) is 10.4. The lowest BCUT2D eigenvalue weighted by atomic mass is 9.93. The van der Waals surface area contributed by atoms with E-state index in [4.69, 9.17) is 0 Å². The average molecular weight is 317 g/mol. The van der Waals surface area contributed by atoms with Gasteiger partial charge in [-0.1, -0.05) is 18.2 Å². The van der Waals surface area contributed by atoms with Crippen LogP contribution < -0.4 is 15.5 Å². The smallest absolute Gasteiger partial charge is 0.220 e. The zero-order valence-corrected chi connectivity index (χ0v) is 14.4. The number of nitrogens with zero attached hydrogens (tertiary/aromatic N) is 1. The van der Waals surface area contributed by atoms with E-state index in [0.717, 1.165) is 51.4 Å². The van der Waals surface area contributed by atoms with Crippen molar-refractivity contribution in [1.82, 2.24) is 10.6 Å². The van der Waals surface area contributed by atoms with E-state index >= 15 is 0 Å². The van der Waals surface area contributed by atoms with Gasteiger partial charge in [0.25, 0.3) is 0 Å². The standard InChI is InChI=1S/C19H31N3O/c1-22(18-7-3-2-4-8-18)16-6-5-13-21-19(23)10-9-17-11-14-20-15-12-17/h2-4,7-8,17,20H,5-6,9-16H2,1H3,(H,21,23). The van der Waals surface area contributed by atoms with Crippen LogP contribution in [0.1, 0.15) is 38.5 Å². The molecule has 23 heavy (non-hydrogen) atoms. The second-order valence-corrected chi connectivity index (χ2v) is 6.55. The molecule has 0 bridgehead atoms. The molecule has 4 heteroatoms. The molecule has 0 aromatic heterocycles. The Balaban J connectivity index is 1.49. The first kappa shape index (κ1) is 17.8. The summed E-state index contributed by atoms with van der Waals surface area (Å²) in [5.74, 6) is 0.960. The van der Waals surface area contributed by atoms with Gasteiger partial charge in [-0.2, -0.15) is 0 Å². The van der Waals surface area contributed by atoms with Gasteiger partial charge in [0.05, 0.1) is 0 Å². The maximum atomic E-state index is 11.9. The summed E-state index contributed by atoms with van der Waals surface area (Å²) in [4.78, 5) is 14.1. The highest BCUT2D eigenvalue weighted by Gasteiger charge is 2.14. The number of para-hydroxylation sites is 1. The first-order valence-electron chi connectivity index (χ1n) is 8.99. The number of carbonyl (C=O) groups excluding carboxylic acids is 1. The number of nitrogens with one attached hydrogen (secondary N) is 2. The Labute approximate surface area is 140 Å². The number of hydrogen-bond donors (Lipinski definition) is 2. The van der Waals surface area contributed by atoms with Gasteiger partial charge in [-0.05, 0) is 63.2 Å². The molecule has 1 fully saturated rings. The van der Waals surface area contributed by atoms with E-state index in [1.165, 1.54) is 18.5 Å². The van der Waals surface area contributed by atoms with Gasteiger partial charge in [0.2, 0.25) is 5.91 Å². The minimum atomic E-state index is 0.222. The van der Waals surface area contributed by atoms with Crippen molar-refractivity contribution in [3.8, 4) is 0 Å². The second-order valence-electron chi connectivity index (χ2n) is 6.55. The Hall–Kier alpha value is -1.55. The highest BCUT2D eigenvalue weighted by molar-refractivity contribution is 5.75. The number of rotatable bonds is 9. The van der Waals surface area contributed by atoms with E-state index in [2.05, 4.69) is 46.8 Å². The monoisotopic (exact) mass is 317 g/mol. The third-order valence-electron chi connectivity index (χ3n) is 4.68. The number of amides is 1. The summed E-state index contributed by atoms with van der Waals surface area (Å²) >= 11 is 0. The molecule has 2 rings (SSSR count). The summed E-state index contributed by atoms with van der Waals surface area (Å²) in [7, 11) is 2.12. The highest BCUT2D eigenvalue weighted by atomic mass is 16.1. The van der Waals surface area contributed by atoms with E-state index in [1.807, 2.05) is 6.07 Å². The van der Waals surface area contributed by atoms with Gasteiger partial charge in [0.1, 0.15) is 0 Å². The molecular weight excluding hydrogens is 286 g/mol. The molecule has 0 spiro atoms. The second kappa shape index (κ2) is 10.3. The molecule has 1 aromatic rings. The van der Waals surface area contributed by atoms with Crippen molar-refractivity contribution in [3.05, 3.63) is 30.3 Å². The van der Waals surface area contributed by atoms with Crippen molar-refractivity contribution in [3.63, 3.8) is 0 Å².